The zero-order valence-electron chi connectivity index (χ0n) is 10.7. The van der Waals surface area contributed by atoms with Gasteiger partial charge in [0.2, 0.25) is 5.91 Å². The monoisotopic (exact) mass is 265 g/mol. The van der Waals surface area contributed by atoms with Crippen LogP contribution in [0.15, 0.2) is 30.3 Å². The molecule has 0 radical (unpaired) electrons. The number of rotatable bonds is 4. The minimum absolute atomic E-state index is 0.0812. The van der Waals surface area contributed by atoms with E-state index in [1.54, 1.807) is 0 Å². The van der Waals surface area contributed by atoms with E-state index in [-0.39, 0.29) is 11.9 Å². The Kier molecular flexibility index (Phi) is 4.65. The Balaban J connectivity index is 1.91. The van der Waals surface area contributed by atoms with Crippen molar-refractivity contribution in [2.24, 2.45) is 5.92 Å². The number of amides is 1. The van der Waals surface area contributed by atoms with Gasteiger partial charge in [-0.2, -0.15) is 0 Å². The lowest BCUT2D eigenvalue weighted by atomic mass is 9.99. The molecule has 1 aliphatic carbocycles. The summed E-state index contributed by atoms with van der Waals surface area (Å²) in [7, 11) is 0. The van der Waals surface area contributed by atoms with Crippen molar-refractivity contribution in [3.63, 3.8) is 0 Å². The van der Waals surface area contributed by atoms with Gasteiger partial charge in [-0.3, -0.25) is 4.79 Å². The third kappa shape index (κ3) is 3.26. The van der Waals surface area contributed by atoms with Gasteiger partial charge >= 0.3 is 0 Å². The number of benzene rings is 1. The SMILES string of the molecule is CC(NC(=O)C(Cl)c1ccccc1)C1CCCC1. The van der Waals surface area contributed by atoms with Crippen molar-refractivity contribution in [3.8, 4) is 0 Å². The molecule has 1 aliphatic rings. The van der Waals surface area contributed by atoms with E-state index < -0.39 is 5.38 Å². The summed E-state index contributed by atoms with van der Waals surface area (Å²) in [5.74, 6) is 0.538. The Labute approximate surface area is 114 Å². The van der Waals surface area contributed by atoms with E-state index in [0.717, 1.165) is 5.56 Å². The number of halogens is 1. The second-order valence-corrected chi connectivity index (χ2v) is 5.55. The molecule has 2 atom stereocenters. The highest BCUT2D eigenvalue weighted by molar-refractivity contribution is 6.30. The van der Waals surface area contributed by atoms with Gasteiger partial charge in [-0.05, 0) is 31.2 Å². The Morgan fingerprint density at radius 2 is 1.89 bits per heavy atom. The van der Waals surface area contributed by atoms with E-state index in [0.29, 0.717) is 5.92 Å². The standard InChI is InChI=1S/C15H20ClNO/c1-11(12-7-5-6-8-12)17-15(18)14(16)13-9-3-2-4-10-13/h2-4,9-12,14H,5-8H2,1H3,(H,17,18). The number of carbonyl (C=O) groups excluding carboxylic acids is 1. The van der Waals surface area contributed by atoms with E-state index in [9.17, 15) is 4.79 Å². The number of nitrogens with one attached hydrogen (secondary N) is 1. The third-order valence-electron chi connectivity index (χ3n) is 3.80. The molecule has 1 fully saturated rings. The molecular formula is C15H20ClNO. The maximum atomic E-state index is 12.1. The topological polar surface area (TPSA) is 29.1 Å². The van der Waals surface area contributed by atoms with Crippen LogP contribution in [-0.4, -0.2) is 11.9 Å². The molecule has 3 heteroatoms. The highest BCUT2D eigenvalue weighted by atomic mass is 35.5. The largest absolute Gasteiger partial charge is 0.352 e. The number of hydrogen-bond donors (Lipinski definition) is 1. The van der Waals surface area contributed by atoms with E-state index in [1.165, 1.54) is 25.7 Å². The molecule has 2 rings (SSSR count). The second-order valence-electron chi connectivity index (χ2n) is 5.12. The van der Waals surface area contributed by atoms with Crippen molar-refractivity contribution in [2.45, 2.75) is 44.0 Å². The van der Waals surface area contributed by atoms with Crippen LogP contribution in [0.5, 0.6) is 0 Å². The van der Waals surface area contributed by atoms with Crippen LogP contribution in [0, 0.1) is 5.92 Å². The summed E-state index contributed by atoms with van der Waals surface area (Å²) < 4.78 is 0. The van der Waals surface area contributed by atoms with Gasteiger partial charge in [0.05, 0.1) is 0 Å². The highest BCUT2D eigenvalue weighted by Crippen LogP contribution is 2.28. The minimum Gasteiger partial charge on any atom is -0.352 e. The van der Waals surface area contributed by atoms with Crippen molar-refractivity contribution < 1.29 is 4.79 Å². The molecule has 0 bridgehead atoms. The first-order chi connectivity index (χ1) is 8.68. The van der Waals surface area contributed by atoms with Crippen molar-refractivity contribution in [1.82, 2.24) is 5.32 Å². The Morgan fingerprint density at radius 1 is 1.28 bits per heavy atom. The van der Waals surface area contributed by atoms with Gasteiger partial charge in [-0.25, -0.2) is 0 Å². The van der Waals surface area contributed by atoms with Crippen LogP contribution in [0.25, 0.3) is 0 Å². The first-order valence-corrected chi connectivity index (χ1v) is 7.11. The molecule has 1 N–H and O–H groups in total. The summed E-state index contributed by atoms with van der Waals surface area (Å²) in [4.78, 5) is 12.1. The predicted molar refractivity (Wildman–Crippen MR) is 74.6 cm³/mol. The van der Waals surface area contributed by atoms with Crippen LogP contribution < -0.4 is 5.32 Å². The maximum absolute atomic E-state index is 12.1. The van der Waals surface area contributed by atoms with Gasteiger partial charge in [0, 0.05) is 6.04 Å². The zero-order valence-corrected chi connectivity index (χ0v) is 11.5. The molecule has 0 saturated heterocycles. The summed E-state index contributed by atoms with van der Waals surface area (Å²) in [6, 6.07) is 9.72. The lowest BCUT2D eigenvalue weighted by Crippen LogP contribution is -2.38. The van der Waals surface area contributed by atoms with Gasteiger partial charge in [-0.1, -0.05) is 43.2 Å². The zero-order chi connectivity index (χ0) is 13.0. The van der Waals surface area contributed by atoms with E-state index in [4.69, 9.17) is 11.6 Å². The smallest absolute Gasteiger partial charge is 0.242 e. The quantitative estimate of drug-likeness (QED) is 0.827. The Morgan fingerprint density at radius 3 is 2.50 bits per heavy atom. The van der Waals surface area contributed by atoms with Crippen molar-refractivity contribution in [3.05, 3.63) is 35.9 Å². The van der Waals surface area contributed by atoms with Crippen LogP contribution in [0.2, 0.25) is 0 Å². The van der Waals surface area contributed by atoms with Crippen molar-refractivity contribution in [2.75, 3.05) is 0 Å². The molecule has 0 aliphatic heterocycles. The molecule has 0 aromatic heterocycles. The number of hydrogen-bond acceptors (Lipinski definition) is 1. The molecule has 1 saturated carbocycles. The average Bonchev–Trinajstić information content (AvgIpc) is 2.92. The average molecular weight is 266 g/mol. The number of alkyl halides is 1. The highest BCUT2D eigenvalue weighted by Gasteiger charge is 2.25. The van der Waals surface area contributed by atoms with E-state index in [2.05, 4.69) is 12.2 Å². The normalized spacial score (nSPS) is 19.4. The molecule has 18 heavy (non-hydrogen) atoms. The van der Waals surface area contributed by atoms with Crippen molar-refractivity contribution >= 4 is 17.5 Å². The Bertz CT molecular complexity index is 387. The fourth-order valence-electron chi connectivity index (χ4n) is 2.65. The van der Waals surface area contributed by atoms with E-state index >= 15 is 0 Å². The molecule has 1 aromatic carbocycles. The van der Waals surface area contributed by atoms with Gasteiger partial charge in [-0.15, -0.1) is 11.6 Å². The second kappa shape index (κ2) is 6.24. The lowest BCUT2D eigenvalue weighted by molar-refractivity contribution is -0.121. The van der Waals surface area contributed by atoms with Gasteiger partial charge in [0.25, 0.3) is 0 Å². The van der Waals surface area contributed by atoms with Crippen LogP contribution in [0.3, 0.4) is 0 Å². The molecule has 2 nitrogen and oxygen atoms in total. The minimum atomic E-state index is -0.588. The van der Waals surface area contributed by atoms with Gasteiger partial charge in [0.15, 0.2) is 0 Å². The summed E-state index contributed by atoms with van der Waals surface area (Å²) in [6.45, 7) is 2.09. The van der Waals surface area contributed by atoms with Crippen LogP contribution in [0.4, 0.5) is 0 Å². The first kappa shape index (κ1) is 13.4. The molecule has 0 heterocycles. The van der Waals surface area contributed by atoms with Crippen LogP contribution in [-0.2, 0) is 4.79 Å². The molecule has 98 valence electrons. The number of carbonyl (C=O) groups is 1. The maximum Gasteiger partial charge on any atom is 0.242 e. The fraction of sp³-hybridized carbons (Fsp3) is 0.533. The fourth-order valence-corrected chi connectivity index (χ4v) is 2.85. The summed E-state index contributed by atoms with van der Waals surface area (Å²) in [5.41, 5.74) is 0.857. The molecular weight excluding hydrogens is 246 g/mol. The van der Waals surface area contributed by atoms with E-state index in [1.807, 2.05) is 30.3 Å². The molecule has 2 unspecified atom stereocenters. The lowest BCUT2D eigenvalue weighted by Gasteiger charge is -2.22. The van der Waals surface area contributed by atoms with Crippen molar-refractivity contribution in [1.29, 1.82) is 0 Å². The third-order valence-corrected chi connectivity index (χ3v) is 4.25. The van der Waals surface area contributed by atoms with Gasteiger partial charge in [0.1, 0.15) is 5.38 Å². The predicted octanol–water partition coefficient (Wildman–Crippen LogP) is 3.66. The Hall–Kier alpha value is -1.02. The summed E-state index contributed by atoms with van der Waals surface area (Å²) in [6.07, 6.45) is 5.02. The van der Waals surface area contributed by atoms with Gasteiger partial charge < -0.3 is 5.32 Å². The molecule has 1 amide bonds. The van der Waals surface area contributed by atoms with Crippen LogP contribution in [0.1, 0.15) is 43.5 Å². The molecule has 0 spiro atoms. The first-order valence-electron chi connectivity index (χ1n) is 6.68. The summed E-state index contributed by atoms with van der Waals surface area (Å²) in [5, 5.41) is 2.46. The summed E-state index contributed by atoms with van der Waals surface area (Å²) >= 11 is 6.20. The molecule has 1 aromatic rings. The van der Waals surface area contributed by atoms with Crippen LogP contribution >= 0.6 is 11.6 Å².